The highest BCUT2D eigenvalue weighted by Gasteiger charge is 2.25. The van der Waals surface area contributed by atoms with Crippen molar-refractivity contribution in [2.45, 2.75) is 13.3 Å². The highest BCUT2D eigenvalue weighted by atomic mass is 79.9. The molecule has 0 saturated carbocycles. The first-order valence-electron chi connectivity index (χ1n) is 8.03. The van der Waals surface area contributed by atoms with Gasteiger partial charge in [-0.05, 0) is 42.5 Å². The van der Waals surface area contributed by atoms with Crippen LogP contribution in [0.4, 0.5) is 0 Å². The van der Waals surface area contributed by atoms with Crippen LogP contribution in [0.1, 0.15) is 28.6 Å². The number of halogens is 1. The Hall–Kier alpha value is -2.60. The molecule has 26 heavy (non-hydrogen) atoms. The molecule has 0 saturated heterocycles. The number of carbonyl (C=O) groups is 2. The third kappa shape index (κ3) is 3.51. The molecule has 1 unspecified atom stereocenters. The Morgan fingerprint density at radius 1 is 1.19 bits per heavy atom. The average molecular weight is 417 g/mol. The standard InChI is InChI=1S/C20H17BrO5/c1-11(20(24)25-2)9-17-18(15-10-14(22)7-8-16(15)26-17)19(23)12-3-5-13(21)6-4-12/h3-8,10-11,22H,9H2,1-2H3. The minimum absolute atomic E-state index is 0.0377. The van der Waals surface area contributed by atoms with Gasteiger partial charge >= 0.3 is 5.97 Å². The van der Waals surface area contributed by atoms with Crippen molar-refractivity contribution in [2.24, 2.45) is 5.92 Å². The van der Waals surface area contributed by atoms with Gasteiger partial charge in [0.1, 0.15) is 17.1 Å². The van der Waals surface area contributed by atoms with E-state index in [9.17, 15) is 14.7 Å². The Morgan fingerprint density at radius 3 is 2.54 bits per heavy atom. The summed E-state index contributed by atoms with van der Waals surface area (Å²) >= 11 is 3.35. The van der Waals surface area contributed by atoms with Gasteiger partial charge in [0.15, 0.2) is 5.78 Å². The van der Waals surface area contributed by atoms with E-state index in [1.807, 2.05) is 0 Å². The van der Waals surface area contributed by atoms with E-state index in [1.165, 1.54) is 19.2 Å². The minimum Gasteiger partial charge on any atom is -0.508 e. The van der Waals surface area contributed by atoms with E-state index in [1.54, 1.807) is 37.3 Å². The Bertz CT molecular complexity index is 972. The molecule has 5 nitrogen and oxygen atoms in total. The third-order valence-electron chi connectivity index (χ3n) is 4.17. The Balaban J connectivity index is 2.12. The van der Waals surface area contributed by atoms with Crippen LogP contribution in [0.3, 0.4) is 0 Å². The molecule has 134 valence electrons. The van der Waals surface area contributed by atoms with Gasteiger partial charge in [0.05, 0.1) is 18.6 Å². The first-order valence-corrected chi connectivity index (χ1v) is 8.82. The lowest BCUT2D eigenvalue weighted by Crippen LogP contribution is -2.16. The first-order chi connectivity index (χ1) is 12.4. The second-order valence-electron chi connectivity index (χ2n) is 6.05. The van der Waals surface area contributed by atoms with Crippen molar-refractivity contribution < 1.29 is 23.8 Å². The summed E-state index contributed by atoms with van der Waals surface area (Å²) in [5.41, 5.74) is 1.33. The fourth-order valence-corrected chi connectivity index (χ4v) is 3.10. The van der Waals surface area contributed by atoms with Gasteiger partial charge in [0.2, 0.25) is 0 Å². The number of carbonyl (C=O) groups excluding carboxylic acids is 2. The summed E-state index contributed by atoms with van der Waals surface area (Å²) in [5.74, 6) is -0.637. The van der Waals surface area contributed by atoms with Crippen molar-refractivity contribution in [3.05, 3.63) is 63.8 Å². The zero-order valence-electron chi connectivity index (χ0n) is 14.3. The van der Waals surface area contributed by atoms with Crippen molar-refractivity contribution in [3.63, 3.8) is 0 Å². The normalized spacial score (nSPS) is 12.1. The number of phenols is 1. The van der Waals surface area contributed by atoms with Crippen LogP contribution in [0.25, 0.3) is 11.0 Å². The number of hydrogen-bond acceptors (Lipinski definition) is 5. The molecule has 0 aliphatic heterocycles. The lowest BCUT2D eigenvalue weighted by Gasteiger charge is -2.08. The second kappa shape index (κ2) is 7.33. The number of methoxy groups -OCH3 is 1. The topological polar surface area (TPSA) is 76.7 Å². The molecule has 0 fully saturated rings. The minimum atomic E-state index is -0.467. The number of ether oxygens (including phenoxy) is 1. The van der Waals surface area contributed by atoms with Crippen molar-refractivity contribution in [1.29, 1.82) is 0 Å². The van der Waals surface area contributed by atoms with Gasteiger partial charge in [-0.15, -0.1) is 0 Å². The van der Waals surface area contributed by atoms with Crippen LogP contribution in [0.5, 0.6) is 5.75 Å². The molecule has 0 radical (unpaired) electrons. The molecule has 1 atom stereocenters. The van der Waals surface area contributed by atoms with Crippen molar-refractivity contribution in [1.82, 2.24) is 0 Å². The number of rotatable bonds is 5. The van der Waals surface area contributed by atoms with Gasteiger partial charge in [-0.3, -0.25) is 9.59 Å². The molecule has 6 heteroatoms. The van der Waals surface area contributed by atoms with Gasteiger partial charge in [-0.2, -0.15) is 0 Å². The number of aromatic hydroxyl groups is 1. The molecular formula is C20H17BrO5. The van der Waals surface area contributed by atoms with E-state index in [4.69, 9.17) is 9.15 Å². The summed E-state index contributed by atoms with van der Waals surface area (Å²) in [5, 5.41) is 10.3. The molecule has 3 aromatic rings. The van der Waals surface area contributed by atoms with Crippen LogP contribution in [0.2, 0.25) is 0 Å². The molecular weight excluding hydrogens is 400 g/mol. The van der Waals surface area contributed by atoms with Crippen molar-refractivity contribution in [3.8, 4) is 5.75 Å². The molecule has 0 amide bonds. The summed E-state index contributed by atoms with van der Waals surface area (Å²) in [6, 6.07) is 11.6. The lowest BCUT2D eigenvalue weighted by molar-refractivity contribution is -0.144. The lowest BCUT2D eigenvalue weighted by atomic mass is 9.96. The molecule has 1 N–H and O–H groups in total. The number of fused-ring (bicyclic) bond motifs is 1. The van der Waals surface area contributed by atoms with Gasteiger partial charge in [-0.1, -0.05) is 22.9 Å². The largest absolute Gasteiger partial charge is 0.508 e. The number of ketones is 1. The predicted octanol–water partition coefficient (Wildman–Crippen LogP) is 4.48. The number of furan rings is 1. The number of benzene rings is 2. The van der Waals surface area contributed by atoms with Crippen molar-refractivity contribution >= 4 is 38.7 Å². The smallest absolute Gasteiger partial charge is 0.308 e. The molecule has 2 aromatic carbocycles. The highest BCUT2D eigenvalue weighted by molar-refractivity contribution is 9.10. The first kappa shape index (κ1) is 18.2. The summed E-state index contributed by atoms with van der Waals surface area (Å²) in [6.07, 6.45) is 0.222. The Labute approximate surface area is 158 Å². The molecule has 3 rings (SSSR count). The van der Waals surface area contributed by atoms with Gasteiger partial charge < -0.3 is 14.3 Å². The van der Waals surface area contributed by atoms with E-state index < -0.39 is 5.92 Å². The van der Waals surface area contributed by atoms with Crippen LogP contribution in [-0.2, 0) is 16.0 Å². The van der Waals surface area contributed by atoms with E-state index in [2.05, 4.69) is 15.9 Å². The molecule has 1 aromatic heterocycles. The molecule has 1 heterocycles. The molecule has 0 bridgehead atoms. The SMILES string of the molecule is COC(=O)C(C)Cc1oc2ccc(O)cc2c1C(=O)c1ccc(Br)cc1. The fourth-order valence-electron chi connectivity index (χ4n) is 2.84. The maximum absolute atomic E-state index is 13.1. The van der Waals surface area contributed by atoms with Crippen LogP contribution in [-0.4, -0.2) is 24.0 Å². The number of hydrogen-bond donors (Lipinski definition) is 1. The Morgan fingerprint density at radius 2 is 1.88 bits per heavy atom. The zero-order valence-corrected chi connectivity index (χ0v) is 15.9. The maximum atomic E-state index is 13.1. The number of phenolic OH excluding ortho intramolecular Hbond substituents is 1. The summed E-state index contributed by atoms with van der Waals surface area (Å²) in [6.45, 7) is 1.71. The Kier molecular flexibility index (Phi) is 5.13. The van der Waals surface area contributed by atoms with Gasteiger partial charge in [0, 0.05) is 21.8 Å². The summed E-state index contributed by atoms with van der Waals surface area (Å²) < 4.78 is 11.5. The van der Waals surface area contributed by atoms with Crippen LogP contribution >= 0.6 is 15.9 Å². The monoisotopic (exact) mass is 416 g/mol. The number of esters is 1. The van der Waals surface area contributed by atoms with Crippen molar-refractivity contribution in [2.75, 3.05) is 7.11 Å². The summed E-state index contributed by atoms with van der Waals surface area (Å²) in [7, 11) is 1.32. The van der Waals surface area contributed by atoms with Crippen LogP contribution in [0.15, 0.2) is 51.4 Å². The van der Waals surface area contributed by atoms with Gasteiger partial charge in [0.25, 0.3) is 0 Å². The quantitative estimate of drug-likeness (QED) is 0.489. The maximum Gasteiger partial charge on any atom is 0.308 e. The second-order valence-corrected chi connectivity index (χ2v) is 6.96. The molecule has 0 spiro atoms. The highest BCUT2D eigenvalue weighted by Crippen LogP contribution is 2.32. The zero-order chi connectivity index (χ0) is 18.8. The van der Waals surface area contributed by atoms with E-state index in [0.717, 1.165) is 4.47 Å². The fraction of sp³-hybridized carbons (Fsp3) is 0.200. The predicted molar refractivity (Wildman–Crippen MR) is 100 cm³/mol. The van der Waals surface area contributed by atoms with E-state index in [-0.39, 0.29) is 23.9 Å². The molecule has 0 aliphatic carbocycles. The molecule has 0 aliphatic rings. The summed E-state index contributed by atoms with van der Waals surface area (Å²) in [4.78, 5) is 24.9. The van der Waals surface area contributed by atoms with E-state index in [0.29, 0.717) is 27.9 Å². The van der Waals surface area contributed by atoms with Crippen LogP contribution < -0.4 is 0 Å². The van der Waals surface area contributed by atoms with E-state index >= 15 is 0 Å². The van der Waals surface area contributed by atoms with Crippen LogP contribution in [0, 0.1) is 5.92 Å². The average Bonchev–Trinajstić information content (AvgIpc) is 2.97. The third-order valence-corrected chi connectivity index (χ3v) is 4.70. The van der Waals surface area contributed by atoms with Gasteiger partial charge in [-0.25, -0.2) is 0 Å².